The second kappa shape index (κ2) is 7.78. The summed E-state index contributed by atoms with van der Waals surface area (Å²) in [6.45, 7) is 4.72. The summed E-state index contributed by atoms with van der Waals surface area (Å²) >= 11 is 0. The monoisotopic (exact) mass is 300 g/mol. The number of carbonyl (C=O) groups is 2. The molecule has 0 unspecified atom stereocenters. The lowest BCUT2D eigenvalue weighted by Gasteiger charge is -2.18. The largest absolute Gasteiger partial charge is 0.481 e. The Morgan fingerprint density at radius 3 is 2.19 bits per heavy atom. The molecule has 5 heteroatoms. The lowest BCUT2D eigenvalue weighted by atomic mass is 9.88. The first-order valence-corrected chi connectivity index (χ1v) is 7.85. The zero-order chi connectivity index (χ0) is 15.9. The molecule has 21 heavy (non-hydrogen) atoms. The quantitative estimate of drug-likeness (QED) is 0.540. The van der Waals surface area contributed by atoms with Crippen molar-refractivity contribution in [3.63, 3.8) is 0 Å². The number of hydrogen-bond acceptors (Lipinski definition) is 3. The number of rotatable bonds is 12. The first kappa shape index (κ1) is 18.0. The first-order chi connectivity index (χ1) is 9.80. The van der Waals surface area contributed by atoms with E-state index in [1.54, 1.807) is 13.8 Å². The molecule has 0 aromatic rings. The SMILES string of the molecule is CC(C)(CCCOCCCCCC1(C(=O)O)CC1)C(=O)O. The Morgan fingerprint density at radius 1 is 1.05 bits per heavy atom. The van der Waals surface area contributed by atoms with Gasteiger partial charge in [-0.05, 0) is 52.4 Å². The van der Waals surface area contributed by atoms with Crippen molar-refractivity contribution in [1.29, 1.82) is 0 Å². The average molecular weight is 300 g/mol. The van der Waals surface area contributed by atoms with Gasteiger partial charge in [0.1, 0.15) is 0 Å². The molecule has 0 spiro atoms. The zero-order valence-corrected chi connectivity index (χ0v) is 13.2. The minimum atomic E-state index is -0.769. The molecule has 0 aromatic carbocycles. The summed E-state index contributed by atoms with van der Waals surface area (Å²) in [7, 11) is 0. The van der Waals surface area contributed by atoms with Crippen molar-refractivity contribution in [3.8, 4) is 0 Å². The van der Waals surface area contributed by atoms with Crippen LogP contribution in [0.4, 0.5) is 0 Å². The van der Waals surface area contributed by atoms with Gasteiger partial charge in [-0.15, -0.1) is 0 Å². The second-order valence-electron chi connectivity index (χ2n) is 6.80. The Hall–Kier alpha value is -1.10. The van der Waals surface area contributed by atoms with Gasteiger partial charge in [-0.2, -0.15) is 0 Å². The van der Waals surface area contributed by atoms with E-state index in [9.17, 15) is 9.59 Å². The van der Waals surface area contributed by atoms with Crippen molar-refractivity contribution in [2.75, 3.05) is 13.2 Å². The maximum absolute atomic E-state index is 11.0. The Balaban J connectivity index is 1.92. The van der Waals surface area contributed by atoms with E-state index in [-0.39, 0.29) is 0 Å². The molecule has 0 heterocycles. The molecule has 1 aliphatic rings. The number of unbranched alkanes of at least 4 members (excludes halogenated alkanes) is 2. The molecular formula is C16H28O5. The zero-order valence-electron chi connectivity index (χ0n) is 13.2. The van der Waals surface area contributed by atoms with E-state index in [0.717, 1.165) is 44.9 Å². The summed E-state index contributed by atoms with van der Waals surface area (Å²) in [6, 6.07) is 0. The van der Waals surface area contributed by atoms with E-state index in [0.29, 0.717) is 19.6 Å². The molecule has 1 rings (SSSR count). The Labute approximate surface area is 126 Å². The van der Waals surface area contributed by atoms with Gasteiger partial charge in [0.2, 0.25) is 0 Å². The molecule has 2 N–H and O–H groups in total. The van der Waals surface area contributed by atoms with Gasteiger partial charge in [0, 0.05) is 13.2 Å². The van der Waals surface area contributed by atoms with Gasteiger partial charge in [0.05, 0.1) is 10.8 Å². The lowest BCUT2D eigenvalue weighted by molar-refractivity contribution is -0.147. The van der Waals surface area contributed by atoms with Crippen LogP contribution in [0.5, 0.6) is 0 Å². The van der Waals surface area contributed by atoms with Crippen LogP contribution in [0.15, 0.2) is 0 Å². The van der Waals surface area contributed by atoms with Gasteiger partial charge >= 0.3 is 11.9 Å². The topological polar surface area (TPSA) is 83.8 Å². The van der Waals surface area contributed by atoms with Gasteiger partial charge in [-0.3, -0.25) is 9.59 Å². The standard InChI is InChI=1S/C16H28O5/c1-15(2,13(17)18)7-6-12-21-11-5-3-4-8-16(9-10-16)14(19)20/h3-12H2,1-2H3,(H,17,18)(H,19,20). The van der Waals surface area contributed by atoms with Crippen molar-refractivity contribution in [2.45, 2.75) is 65.2 Å². The highest BCUT2D eigenvalue weighted by Crippen LogP contribution is 2.50. The molecule has 0 amide bonds. The maximum atomic E-state index is 11.0. The van der Waals surface area contributed by atoms with Crippen LogP contribution in [-0.4, -0.2) is 35.4 Å². The molecule has 1 saturated carbocycles. The third kappa shape index (κ3) is 6.04. The second-order valence-corrected chi connectivity index (χ2v) is 6.80. The van der Waals surface area contributed by atoms with Crippen LogP contribution >= 0.6 is 0 Å². The van der Waals surface area contributed by atoms with Crippen LogP contribution in [0.3, 0.4) is 0 Å². The van der Waals surface area contributed by atoms with Crippen molar-refractivity contribution in [2.24, 2.45) is 10.8 Å². The number of ether oxygens (including phenoxy) is 1. The number of hydrogen-bond donors (Lipinski definition) is 2. The molecule has 0 aliphatic heterocycles. The predicted molar refractivity (Wildman–Crippen MR) is 79.2 cm³/mol. The first-order valence-electron chi connectivity index (χ1n) is 7.85. The van der Waals surface area contributed by atoms with Gasteiger partial charge < -0.3 is 14.9 Å². The van der Waals surface area contributed by atoms with Gasteiger partial charge in [-0.1, -0.05) is 12.8 Å². The highest BCUT2D eigenvalue weighted by Gasteiger charge is 2.49. The third-order valence-electron chi connectivity index (χ3n) is 4.42. The number of carboxylic acid groups (broad SMARTS) is 2. The van der Waals surface area contributed by atoms with Crippen LogP contribution < -0.4 is 0 Å². The van der Waals surface area contributed by atoms with E-state index in [2.05, 4.69) is 0 Å². The molecule has 0 atom stereocenters. The molecule has 5 nitrogen and oxygen atoms in total. The fourth-order valence-corrected chi connectivity index (χ4v) is 2.39. The van der Waals surface area contributed by atoms with Gasteiger partial charge in [-0.25, -0.2) is 0 Å². The van der Waals surface area contributed by atoms with Crippen molar-refractivity contribution < 1.29 is 24.5 Å². The number of carboxylic acids is 2. The predicted octanol–water partition coefficient (Wildman–Crippen LogP) is 3.32. The highest BCUT2D eigenvalue weighted by molar-refractivity contribution is 5.77. The average Bonchev–Trinajstić information content (AvgIpc) is 3.17. The van der Waals surface area contributed by atoms with E-state index >= 15 is 0 Å². The van der Waals surface area contributed by atoms with E-state index in [4.69, 9.17) is 14.9 Å². The molecule has 1 aliphatic carbocycles. The Kier molecular flexibility index (Phi) is 6.65. The Bertz CT molecular complexity index is 336. The van der Waals surface area contributed by atoms with Crippen molar-refractivity contribution in [3.05, 3.63) is 0 Å². The van der Waals surface area contributed by atoms with E-state index in [1.807, 2.05) is 0 Å². The van der Waals surface area contributed by atoms with Crippen LogP contribution in [0.1, 0.15) is 65.2 Å². The summed E-state index contributed by atoms with van der Waals surface area (Å²) < 4.78 is 5.49. The Morgan fingerprint density at radius 2 is 1.67 bits per heavy atom. The maximum Gasteiger partial charge on any atom is 0.309 e. The third-order valence-corrected chi connectivity index (χ3v) is 4.42. The molecule has 0 saturated heterocycles. The summed E-state index contributed by atoms with van der Waals surface area (Å²) in [4.78, 5) is 21.9. The summed E-state index contributed by atoms with van der Waals surface area (Å²) in [5.74, 6) is -1.41. The fourth-order valence-electron chi connectivity index (χ4n) is 2.39. The minimum Gasteiger partial charge on any atom is -0.481 e. The molecule has 1 fully saturated rings. The van der Waals surface area contributed by atoms with E-state index in [1.165, 1.54) is 0 Å². The smallest absolute Gasteiger partial charge is 0.309 e. The molecule has 0 aromatic heterocycles. The van der Waals surface area contributed by atoms with Gasteiger partial charge in [0.15, 0.2) is 0 Å². The number of aliphatic carboxylic acids is 2. The fraction of sp³-hybridized carbons (Fsp3) is 0.875. The van der Waals surface area contributed by atoms with Crippen molar-refractivity contribution >= 4 is 11.9 Å². The normalized spacial score (nSPS) is 16.7. The summed E-state index contributed by atoms with van der Waals surface area (Å²) in [5.41, 5.74) is -1.08. The van der Waals surface area contributed by atoms with Crippen LogP contribution in [0.25, 0.3) is 0 Å². The van der Waals surface area contributed by atoms with Crippen molar-refractivity contribution in [1.82, 2.24) is 0 Å². The molecule has 122 valence electrons. The van der Waals surface area contributed by atoms with Gasteiger partial charge in [0.25, 0.3) is 0 Å². The highest BCUT2D eigenvalue weighted by atomic mass is 16.5. The molecule has 0 radical (unpaired) electrons. The summed E-state index contributed by atoms with van der Waals surface area (Å²) in [5, 5.41) is 18.0. The summed E-state index contributed by atoms with van der Waals surface area (Å²) in [6.07, 6.45) is 6.70. The molecule has 0 bridgehead atoms. The molecular weight excluding hydrogens is 272 g/mol. The van der Waals surface area contributed by atoms with E-state index < -0.39 is 22.8 Å². The van der Waals surface area contributed by atoms with Crippen LogP contribution in [-0.2, 0) is 14.3 Å². The van der Waals surface area contributed by atoms with Crippen LogP contribution in [0.2, 0.25) is 0 Å². The minimum absolute atomic E-state index is 0.400. The van der Waals surface area contributed by atoms with Crippen LogP contribution in [0, 0.1) is 10.8 Å². The lowest BCUT2D eigenvalue weighted by Crippen LogP contribution is -2.23.